The lowest BCUT2D eigenvalue weighted by Gasteiger charge is -2.39. The lowest BCUT2D eigenvalue weighted by Crippen LogP contribution is -2.45. The molecule has 30 heavy (non-hydrogen) atoms. The van der Waals surface area contributed by atoms with E-state index in [1.54, 1.807) is 24.9 Å². The van der Waals surface area contributed by atoms with Gasteiger partial charge in [-0.1, -0.05) is 50.7 Å². The van der Waals surface area contributed by atoms with Crippen molar-refractivity contribution in [3.63, 3.8) is 0 Å². The second-order valence-electron chi connectivity index (χ2n) is 9.46. The molecule has 1 aliphatic rings. The highest BCUT2D eigenvalue weighted by atomic mass is 32.2. The molecule has 0 spiro atoms. The normalized spacial score (nSPS) is 22.4. The first-order valence-corrected chi connectivity index (χ1v) is 14.0. The SMILES string of the molecule is Cc1cn([C@H]2CC[C@](CO[Si](C)(C)C(C)(C)C)(Sc3ccccc3)O2)c(=O)[nH]c1=O. The Labute approximate surface area is 183 Å². The van der Waals surface area contributed by atoms with E-state index in [1.807, 2.05) is 18.2 Å². The third-order valence-corrected chi connectivity index (χ3v) is 11.9. The van der Waals surface area contributed by atoms with Crippen molar-refractivity contribution in [3.8, 4) is 0 Å². The molecule has 1 aliphatic heterocycles. The highest BCUT2D eigenvalue weighted by molar-refractivity contribution is 8.00. The lowest BCUT2D eigenvalue weighted by molar-refractivity contribution is -0.0426. The van der Waals surface area contributed by atoms with Gasteiger partial charge in [0.25, 0.3) is 5.56 Å². The molecule has 1 aromatic carbocycles. The zero-order valence-electron chi connectivity index (χ0n) is 18.7. The molecule has 2 aromatic rings. The average Bonchev–Trinajstić information content (AvgIpc) is 3.07. The number of benzene rings is 1. The fourth-order valence-corrected chi connectivity index (χ4v) is 5.48. The highest BCUT2D eigenvalue weighted by Crippen LogP contribution is 2.48. The molecular weight excluding hydrogens is 416 g/mol. The van der Waals surface area contributed by atoms with E-state index in [0.717, 1.165) is 11.3 Å². The summed E-state index contributed by atoms with van der Waals surface area (Å²) in [5, 5.41) is 0.0938. The van der Waals surface area contributed by atoms with E-state index in [4.69, 9.17) is 9.16 Å². The van der Waals surface area contributed by atoms with E-state index in [2.05, 4.69) is 51.0 Å². The molecule has 1 fully saturated rings. The molecule has 6 nitrogen and oxygen atoms in total. The van der Waals surface area contributed by atoms with E-state index in [-0.39, 0.29) is 10.6 Å². The van der Waals surface area contributed by atoms with Crippen molar-refractivity contribution in [1.29, 1.82) is 0 Å². The summed E-state index contributed by atoms with van der Waals surface area (Å²) in [5.41, 5.74) is -0.314. The summed E-state index contributed by atoms with van der Waals surface area (Å²) in [6, 6.07) is 10.1. The summed E-state index contributed by atoms with van der Waals surface area (Å²) < 4.78 is 14.6. The van der Waals surface area contributed by atoms with E-state index in [0.29, 0.717) is 18.6 Å². The Morgan fingerprint density at radius 1 is 1.27 bits per heavy atom. The maximum absolute atomic E-state index is 12.4. The molecular formula is C22H32N2O4SSi. The Hall–Kier alpha value is -1.61. The molecule has 1 N–H and O–H groups in total. The number of aryl methyl sites for hydroxylation is 1. The van der Waals surface area contributed by atoms with Gasteiger partial charge in [-0.15, -0.1) is 0 Å². The molecule has 0 bridgehead atoms. The number of nitrogens with zero attached hydrogens (tertiary/aromatic N) is 1. The third-order valence-electron chi connectivity index (χ3n) is 6.09. The molecule has 164 valence electrons. The van der Waals surface area contributed by atoms with Crippen LogP contribution in [0.15, 0.2) is 51.0 Å². The van der Waals surface area contributed by atoms with Gasteiger partial charge in [0.15, 0.2) is 8.32 Å². The summed E-state index contributed by atoms with van der Waals surface area (Å²) in [4.78, 5) is 27.0. The molecule has 0 amide bonds. The van der Waals surface area contributed by atoms with Crippen LogP contribution in [0.2, 0.25) is 18.1 Å². The largest absolute Gasteiger partial charge is 0.413 e. The van der Waals surface area contributed by atoms with Crippen LogP contribution >= 0.6 is 11.8 Å². The first-order valence-electron chi connectivity index (χ1n) is 10.3. The van der Waals surface area contributed by atoms with Gasteiger partial charge in [-0.25, -0.2) is 4.79 Å². The zero-order valence-corrected chi connectivity index (χ0v) is 20.5. The van der Waals surface area contributed by atoms with Gasteiger partial charge in [0.05, 0.1) is 6.61 Å². The summed E-state index contributed by atoms with van der Waals surface area (Å²) in [6.07, 6.45) is 2.57. The van der Waals surface area contributed by atoms with Crippen LogP contribution in [0.25, 0.3) is 0 Å². The summed E-state index contributed by atoms with van der Waals surface area (Å²) >= 11 is 1.65. The fourth-order valence-electron chi connectivity index (χ4n) is 3.13. The number of thioether (sulfide) groups is 1. The topological polar surface area (TPSA) is 73.3 Å². The maximum atomic E-state index is 12.4. The van der Waals surface area contributed by atoms with Crippen molar-refractivity contribution >= 4 is 20.1 Å². The van der Waals surface area contributed by atoms with Gasteiger partial charge in [-0.3, -0.25) is 14.3 Å². The molecule has 0 aliphatic carbocycles. The average molecular weight is 449 g/mol. The summed E-state index contributed by atoms with van der Waals surface area (Å²) in [7, 11) is -1.97. The molecule has 3 rings (SSSR count). The van der Waals surface area contributed by atoms with Crippen LogP contribution in [-0.2, 0) is 9.16 Å². The Morgan fingerprint density at radius 2 is 1.93 bits per heavy atom. The second kappa shape index (κ2) is 8.49. The molecule has 2 atom stereocenters. The van der Waals surface area contributed by atoms with Gasteiger partial charge in [0.2, 0.25) is 0 Å². The minimum Gasteiger partial charge on any atom is -0.413 e. The van der Waals surface area contributed by atoms with Crippen LogP contribution < -0.4 is 11.2 Å². The number of ether oxygens (including phenoxy) is 1. The molecule has 8 heteroatoms. The second-order valence-corrected chi connectivity index (χ2v) is 15.7. The predicted octanol–water partition coefficient (Wildman–Crippen LogP) is 4.66. The van der Waals surface area contributed by atoms with Crippen molar-refractivity contribution in [1.82, 2.24) is 9.55 Å². The van der Waals surface area contributed by atoms with E-state index >= 15 is 0 Å². The van der Waals surface area contributed by atoms with E-state index in [9.17, 15) is 9.59 Å². The summed E-state index contributed by atoms with van der Waals surface area (Å²) in [6.45, 7) is 13.3. The van der Waals surface area contributed by atoms with Gasteiger partial charge in [-0.05, 0) is 50.0 Å². The first kappa shape index (κ1) is 23.1. The van der Waals surface area contributed by atoms with E-state index < -0.39 is 25.2 Å². The van der Waals surface area contributed by atoms with Crippen molar-refractivity contribution in [2.75, 3.05) is 6.61 Å². The Morgan fingerprint density at radius 3 is 2.57 bits per heavy atom. The van der Waals surface area contributed by atoms with E-state index in [1.165, 1.54) is 4.57 Å². The summed E-state index contributed by atoms with van der Waals surface area (Å²) in [5.74, 6) is 0. The number of nitrogens with one attached hydrogen (secondary N) is 1. The van der Waals surface area contributed by atoms with Gasteiger partial charge in [0, 0.05) is 16.7 Å². The molecule has 0 radical (unpaired) electrons. The first-order chi connectivity index (χ1) is 13.9. The quantitative estimate of drug-likeness (QED) is 0.651. The van der Waals surface area contributed by atoms with Crippen molar-refractivity contribution < 1.29 is 9.16 Å². The predicted molar refractivity (Wildman–Crippen MR) is 124 cm³/mol. The standard InChI is InChI=1S/C22H32N2O4SSi/c1-16-14-24(20(26)23-19(16)25)18-12-13-22(28-18,29-17-10-8-7-9-11-17)15-27-30(5,6)21(2,3)4/h7-11,14,18H,12-13,15H2,1-6H3,(H,23,25,26)/t18-,22-/m1/s1. The number of rotatable bonds is 6. The number of hydrogen-bond acceptors (Lipinski definition) is 5. The van der Waals surface area contributed by atoms with Crippen molar-refractivity contribution in [2.45, 2.75) is 74.7 Å². The van der Waals surface area contributed by atoms with Crippen LogP contribution in [0, 0.1) is 6.92 Å². The van der Waals surface area contributed by atoms with Crippen molar-refractivity contribution in [3.05, 3.63) is 62.9 Å². The lowest BCUT2D eigenvalue weighted by atomic mass is 10.2. The van der Waals surface area contributed by atoms with Crippen molar-refractivity contribution in [2.24, 2.45) is 0 Å². The van der Waals surface area contributed by atoms with Crippen LogP contribution in [0.3, 0.4) is 0 Å². The molecule has 0 saturated carbocycles. The maximum Gasteiger partial charge on any atom is 0.330 e. The zero-order chi connectivity index (χ0) is 22.2. The monoisotopic (exact) mass is 448 g/mol. The number of hydrogen-bond donors (Lipinski definition) is 1. The Balaban J connectivity index is 1.89. The molecule has 1 aromatic heterocycles. The number of aromatic amines is 1. The van der Waals surface area contributed by atoms with Gasteiger partial charge >= 0.3 is 5.69 Å². The minimum atomic E-state index is -1.97. The molecule has 2 heterocycles. The molecule has 1 saturated heterocycles. The Bertz CT molecular complexity index is 997. The number of H-pyrrole nitrogens is 1. The van der Waals surface area contributed by atoms with Gasteiger partial charge in [0.1, 0.15) is 11.2 Å². The number of aromatic nitrogens is 2. The smallest absolute Gasteiger partial charge is 0.330 e. The minimum absolute atomic E-state index is 0.0938. The highest BCUT2D eigenvalue weighted by Gasteiger charge is 2.46. The van der Waals surface area contributed by atoms with Crippen LogP contribution in [0.5, 0.6) is 0 Å². The van der Waals surface area contributed by atoms with Crippen LogP contribution in [0.1, 0.15) is 45.4 Å². The van der Waals surface area contributed by atoms with Gasteiger partial charge in [-0.2, -0.15) is 0 Å². The van der Waals surface area contributed by atoms with Crippen LogP contribution in [-0.4, -0.2) is 29.4 Å². The fraction of sp³-hybridized carbons (Fsp3) is 0.545. The van der Waals surface area contributed by atoms with Gasteiger partial charge < -0.3 is 9.16 Å². The molecule has 0 unspecified atom stereocenters. The van der Waals surface area contributed by atoms with Crippen LogP contribution in [0.4, 0.5) is 0 Å². The Kier molecular flexibility index (Phi) is 6.53. The third kappa shape index (κ3) is 4.99.